The zero-order valence-electron chi connectivity index (χ0n) is 15.2. The molecule has 0 unspecified atom stereocenters. The molecule has 2 aromatic carbocycles. The van der Waals surface area contributed by atoms with E-state index in [9.17, 15) is 4.79 Å². The van der Waals surface area contributed by atoms with Gasteiger partial charge in [-0.1, -0.05) is 12.1 Å². The average Bonchev–Trinajstić information content (AvgIpc) is 2.71. The molecule has 0 fully saturated rings. The quantitative estimate of drug-likeness (QED) is 0.725. The summed E-state index contributed by atoms with van der Waals surface area (Å²) in [6, 6.07) is 17.7. The number of hydrogen-bond acceptors (Lipinski definition) is 4. The van der Waals surface area contributed by atoms with Crippen LogP contribution in [0.3, 0.4) is 0 Å². The fraction of sp³-hybridized carbons (Fsp3) is 0.143. The molecule has 6 heteroatoms. The Kier molecular flexibility index (Phi) is 4.48. The van der Waals surface area contributed by atoms with Crippen LogP contribution in [0.1, 0.15) is 0 Å². The Labute approximate surface area is 157 Å². The molecule has 3 aromatic rings. The highest BCUT2D eigenvalue weighted by atomic mass is 16.5. The first-order valence-corrected chi connectivity index (χ1v) is 8.63. The summed E-state index contributed by atoms with van der Waals surface area (Å²) in [6.45, 7) is 0.0811. The molecule has 6 nitrogen and oxygen atoms in total. The van der Waals surface area contributed by atoms with Gasteiger partial charge in [0.2, 0.25) is 5.82 Å². The van der Waals surface area contributed by atoms with E-state index < -0.39 is 0 Å². The van der Waals surface area contributed by atoms with Crippen LogP contribution in [-0.2, 0) is 4.79 Å². The molecule has 0 saturated heterocycles. The largest absolute Gasteiger partial charge is 0.497 e. The number of likely N-dealkylation sites (N-methyl/N-ethyl adjacent to an activating group) is 1. The van der Waals surface area contributed by atoms with Gasteiger partial charge in [-0.2, -0.15) is 0 Å². The third-order valence-corrected chi connectivity index (χ3v) is 4.57. The van der Waals surface area contributed by atoms with Crippen LogP contribution < -0.4 is 19.7 Å². The van der Waals surface area contributed by atoms with E-state index >= 15 is 0 Å². The number of methoxy groups -OCH3 is 1. The highest BCUT2D eigenvalue weighted by Gasteiger charge is 2.22. The number of hydrogen-bond donors (Lipinski definition) is 1. The molecule has 0 atom stereocenters. The minimum Gasteiger partial charge on any atom is -0.497 e. The summed E-state index contributed by atoms with van der Waals surface area (Å²) in [7, 11) is 3.42. The monoisotopic (exact) mass is 362 g/mol. The smallest absolute Gasteiger partial charge is 0.264 e. The molecule has 1 amide bonds. The maximum Gasteiger partial charge on any atom is 0.264 e. The fourth-order valence-corrected chi connectivity index (χ4v) is 3.06. The van der Waals surface area contributed by atoms with Gasteiger partial charge in [0, 0.05) is 25.4 Å². The second-order valence-corrected chi connectivity index (χ2v) is 6.31. The topological polar surface area (TPSA) is 68.3 Å². The maximum absolute atomic E-state index is 11.9. The fourth-order valence-electron chi connectivity index (χ4n) is 3.06. The van der Waals surface area contributed by atoms with E-state index in [1.165, 1.54) is 0 Å². The average molecular weight is 362 g/mol. The van der Waals surface area contributed by atoms with E-state index in [1.54, 1.807) is 25.3 Å². The number of aromatic nitrogens is 1. The normalized spacial score (nSPS) is 13.1. The van der Waals surface area contributed by atoms with Crippen molar-refractivity contribution in [3.63, 3.8) is 0 Å². The number of rotatable bonds is 4. The zero-order valence-corrected chi connectivity index (χ0v) is 15.2. The second-order valence-electron chi connectivity index (χ2n) is 6.31. The van der Waals surface area contributed by atoms with Crippen LogP contribution in [0.25, 0.3) is 11.1 Å². The van der Waals surface area contributed by atoms with Crippen molar-refractivity contribution in [3.8, 4) is 22.6 Å². The van der Waals surface area contributed by atoms with Gasteiger partial charge in [0.05, 0.1) is 12.8 Å². The van der Waals surface area contributed by atoms with Crippen molar-refractivity contribution in [2.24, 2.45) is 0 Å². The number of anilines is 1. The Bertz CT molecular complexity index is 1000. The van der Waals surface area contributed by atoms with Crippen LogP contribution in [0.15, 0.2) is 60.8 Å². The Balaban J connectivity index is 1.64. The highest BCUT2D eigenvalue weighted by Crippen LogP contribution is 2.35. The lowest BCUT2D eigenvalue weighted by Gasteiger charge is -2.26. The second kappa shape index (κ2) is 7.09. The van der Waals surface area contributed by atoms with Crippen LogP contribution in [0.5, 0.6) is 11.5 Å². The number of carbonyl (C=O) groups excluding carboxylic acids is 1. The lowest BCUT2D eigenvalue weighted by molar-refractivity contribution is -0.483. The van der Waals surface area contributed by atoms with Gasteiger partial charge in [-0.15, -0.1) is 0 Å². The predicted molar refractivity (Wildman–Crippen MR) is 103 cm³/mol. The summed E-state index contributed by atoms with van der Waals surface area (Å²) < 4.78 is 10.8. The van der Waals surface area contributed by atoms with Gasteiger partial charge in [0.15, 0.2) is 6.61 Å². The van der Waals surface area contributed by atoms with E-state index in [-0.39, 0.29) is 12.5 Å². The van der Waals surface area contributed by atoms with Crippen LogP contribution >= 0.6 is 0 Å². The SMILES string of the molecule is COc1cccc([NH2+]c2cc(-c3ccc4c(c3)N(C)C(=O)CO4)ccn2)c1. The number of quaternary nitrogens is 1. The van der Waals surface area contributed by atoms with Crippen molar-refractivity contribution in [2.75, 3.05) is 25.7 Å². The van der Waals surface area contributed by atoms with Gasteiger partial charge in [-0.25, -0.2) is 4.98 Å². The van der Waals surface area contributed by atoms with Crippen molar-refractivity contribution in [1.29, 1.82) is 0 Å². The van der Waals surface area contributed by atoms with E-state index in [1.807, 2.05) is 59.9 Å². The lowest BCUT2D eigenvalue weighted by atomic mass is 10.0. The third-order valence-electron chi connectivity index (χ3n) is 4.57. The zero-order chi connectivity index (χ0) is 18.8. The number of carbonyl (C=O) groups is 1. The molecule has 27 heavy (non-hydrogen) atoms. The molecule has 0 spiro atoms. The number of benzene rings is 2. The van der Waals surface area contributed by atoms with Crippen molar-refractivity contribution in [1.82, 2.24) is 4.98 Å². The van der Waals surface area contributed by atoms with Crippen molar-refractivity contribution >= 4 is 23.1 Å². The summed E-state index contributed by atoms with van der Waals surface area (Å²) in [5, 5.41) is 2.00. The molecule has 1 aliphatic heterocycles. The molecule has 1 aliphatic rings. The van der Waals surface area contributed by atoms with E-state index in [2.05, 4.69) is 4.98 Å². The minimum atomic E-state index is -0.0542. The molecule has 1 aromatic heterocycles. The molecule has 4 rings (SSSR count). The summed E-state index contributed by atoms with van der Waals surface area (Å²) in [5.41, 5.74) is 3.82. The van der Waals surface area contributed by atoms with Gasteiger partial charge in [0.25, 0.3) is 5.91 Å². The highest BCUT2D eigenvalue weighted by molar-refractivity contribution is 5.98. The molecule has 2 N–H and O–H groups in total. The molecular formula is C21H20N3O3+. The Hall–Kier alpha value is -3.38. The number of nitrogens with zero attached hydrogens (tertiary/aromatic N) is 2. The van der Waals surface area contributed by atoms with Crippen LogP contribution in [0.4, 0.5) is 17.2 Å². The van der Waals surface area contributed by atoms with Crippen molar-refractivity contribution in [2.45, 2.75) is 0 Å². The first kappa shape index (κ1) is 17.1. The first-order chi connectivity index (χ1) is 13.1. The van der Waals surface area contributed by atoms with E-state index in [0.717, 1.165) is 39.8 Å². The van der Waals surface area contributed by atoms with Gasteiger partial charge in [0.1, 0.15) is 17.2 Å². The molecular weight excluding hydrogens is 342 g/mol. The summed E-state index contributed by atoms with van der Waals surface area (Å²) in [4.78, 5) is 18.0. The summed E-state index contributed by atoms with van der Waals surface area (Å²) in [5.74, 6) is 2.32. The van der Waals surface area contributed by atoms with Gasteiger partial charge in [-0.05, 0) is 41.5 Å². The maximum atomic E-state index is 11.9. The Morgan fingerprint density at radius 2 is 1.96 bits per heavy atom. The molecule has 0 aliphatic carbocycles. The molecule has 0 bridgehead atoms. The molecule has 136 valence electrons. The first-order valence-electron chi connectivity index (χ1n) is 8.63. The van der Waals surface area contributed by atoms with Gasteiger partial charge < -0.3 is 14.4 Å². The number of amides is 1. The standard InChI is InChI=1S/C21H19N3O3/c1-24-18-10-14(6-7-19(18)27-13-21(24)25)15-8-9-22-20(11-15)23-16-4-3-5-17(12-16)26-2/h3-12H,13H2,1-2H3,(H,22,23)/p+1. The van der Waals surface area contributed by atoms with Crippen molar-refractivity contribution in [3.05, 3.63) is 60.8 Å². The Morgan fingerprint density at radius 1 is 1.11 bits per heavy atom. The van der Waals surface area contributed by atoms with Crippen molar-refractivity contribution < 1.29 is 19.6 Å². The predicted octanol–water partition coefficient (Wildman–Crippen LogP) is 2.64. The van der Waals surface area contributed by atoms with Crippen LogP contribution in [-0.4, -0.2) is 31.7 Å². The summed E-state index contributed by atoms with van der Waals surface area (Å²) in [6.07, 6.45) is 1.78. The van der Waals surface area contributed by atoms with E-state index in [4.69, 9.17) is 9.47 Å². The molecule has 0 saturated carbocycles. The number of nitrogens with two attached hydrogens (primary N) is 1. The van der Waals surface area contributed by atoms with Crippen LogP contribution in [0, 0.1) is 0 Å². The molecule has 2 heterocycles. The van der Waals surface area contributed by atoms with E-state index in [0.29, 0.717) is 0 Å². The van der Waals surface area contributed by atoms with Gasteiger partial charge in [-0.3, -0.25) is 10.1 Å². The number of ether oxygens (including phenoxy) is 2. The lowest BCUT2D eigenvalue weighted by Crippen LogP contribution is -2.71. The Morgan fingerprint density at radius 3 is 2.81 bits per heavy atom. The third kappa shape index (κ3) is 3.47. The number of pyridine rings is 1. The van der Waals surface area contributed by atoms with Crippen LogP contribution in [0.2, 0.25) is 0 Å². The van der Waals surface area contributed by atoms with Gasteiger partial charge >= 0.3 is 0 Å². The summed E-state index contributed by atoms with van der Waals surface area (Å²) >= 11 is 0. The number of fused-ring (bicyclic) bond motifs is 1. The minimum absolute atomic E-state index is 0.0542. The molecule has 0 radical (unpaired) electrons.